The smallest absolute Gasteiger partial charge is 0.744 e. The molecule has 0 fully saturated rings. The minimum atomic E-state index is -4.34. The summed E-state index contributed by atoms with van der Waals surface area (Å²) in [5, 5.41) is 3.34. The summed E-state index contributed by atoms with van der Waals surface area (Å²) in [5.41, 5.74) is 0. The first-order valence-corrected chi connectivity index (χ1v) is 10.9. The van der Waals surface area contributed by atoms with E-state index in [1.165, 1.54) is 24.3 Å². The maximum absolute atomic E-state index is 10.7. The topological polar surface area (TPSA) is 114 Å². The van der Waals surface area contributed by atoms with Crippen LogP contribution in [0.5, 0.6) is 0 Å². The Kier molecular flexibility index (Phi) is 7.16. The van der Waals surface area contributed by atoms with Crippen LogP contribution in [-0.4, -0.2) is 25.9 Å². The largest absolute Gasteiger partial charge is 2.00 e. The maximum atomic E-state index is 10.7. The summed E-state index contributed by atoms with van der Waals surface area (Å²) in [6.45, 7) is 0. The number of hydrogen-bond donors (Lipinski definition) is 0. The number of fused-ring (bicyclic) bond motifs is 2. The number of benzene rings is 4. The molecule has 0 saturated heterocycles. The zero-order valence-electron chi connectivity index (χ0n) is 14.7. The number of rotatable bonds is 2. The van der Waals surface area contributed by atoms with Crippen LogP contribution in [0.25, 0.3) is 21.5 Å². The van der Waals surface area contributed by atoms with Gasteiger partial charge in [-0.05, 0) is 45.8 Å². The van der Waals surface area contributed by atoms with Gasteiger partial charge in [-0.3, -0.25) is 0 Å². The summed E-state index contributed by atoms with van der Waals surface area (Å²) < 4.78 is 64.3. The van der Waals surface area contributed by atoms with Gasteiger partial charge in [0, 0.05) is 0 Å². The third-order valence-electron chi connectivity index (χ3n) is 4.02. The molecule has 0 amide bonds. The van der Waals surface area contributed by atoms with Crippen molar-refractivity contribution in [3.8, 4) is 0 Å². The molecule has 0 N–H and O–H groups in total. The molecule has 29 heavy (non-hydrogen) atoms. The van der Waals surface area contributed by atoms with E-state index in [4.69, 9.17) is 0 Å². The Morgan fingerprint density at radius 2 is 0.793 bits per heavy atom. The SMILES string of the molecule is O=S(=O)([O-])c1ccc2ccccc2c1.O=S(=O)([O-])c1ccc2ccccc2c1.[Ni+2]. The Morgan fingerprint density at radius 3 is 1.10 bits per heavy atom. The minimum absolute atomic E-state index is 0. The van der Waals surface area contributed by atoms with E-state index >= 15 is 0 Å². The quantitative estimate of drug-likeness (QED) is 0.325. The van der Waals surface area contributed by atoms with Crippen molar-refractivity contribution < 1.29 is 42.4 Å². The maximum Gasteiger partial charge on any atom is 2.00 e. The van der Waals surface area contributed by atoms with Crippen LogP contribution in [0.4, 0.5) is 0 Å². The van der Waals surface area contributed by atoms with Crippen molar-refractivity contribution in [2.75, 3.05) is 0 Å². The second-order valence-electron chi connectivity index (χ2n) is 5.93. The summed E-state index contributed by atoms with van der Waals surface area (Å²) >= 11 is 0. The van der Waals surface area contributed by atoms with Gasteiger partial charge in [0.1, 0.15) is 20.2 Å². The zero-order valence-corrected chi connectivity index (χ0v) is 17.3. The molecule has 0 heterocycles. The van der Waals surface area contributed by atoms with Gasteiger partial charge in [0.05, 0.1) is 9.79 Å². The molecule has 0 spiro atoms. The average Bonchev–Trinajstić information content (AvgIpc) is 2.66. The molecule has 0 radical (unpaired) electrons. The molecule has 9 heteroatoms. The molecule has 0 aliphatic heterocycles. The fourth-order valence-electron chi connectivity index (χ4n) is 2.65. The fraction of sp³-hybridized carbons (Fsp3) is 0. The van der Waals surface area contributed by atoms with Crippen LogP contribution < -0.4 is 0 Å². The Balaban J connectivity index is 0.000000200. The molecule has 0 atom stereocenters. The van der Waals surface area contributed by atoms with Crippen molar-refractivity contribution in [3.63, 3.8) is 0 Å². The van der Waals surface area contributed by atoms with Crippen molar-refractivity contribution in [2.24, 2.45) is 0 Å². The molecule has 0 bridgehead atoms. The van der Waals surface area contributed by atoms with Crippen LogP contribution in [0.2, 0.25) is 0 Å². The van der Waals surface area contributed by atoms with Crippen LogP contribution >= 0.6 is 0 Å². The van der Waals surface area contributed by atoms with E-state index in [-0.39, 0.29) is 26.3 Å². The van der Waals surface area contributed by atoms with Gasteiger partial charge in [0.2, 0.25) is 0 Å². The Morgan fingerprint density at radius 1 is 0.483 bits per heavy atom. The van der Waals surface area contributed by atoms with E-state index in [0.29, 0.717) is 0 Å². The van der Waals surface area contributed by atoms with Crippen molar-refractivity contribution >= 4 is 41.8 Å². The molecule has 0 saturated carbocycles. The zero-order chi connectivity index (χ0) is 20.4. The van der Waals surface area contributed by atoms with Gasteiger partial charge in [-0.15, -0.1) is 0 Å². The third-order valence-corrected chi connectivity index (χ3v) is 5.68. The van der Waals surface area contributed by atoms with Gasteiger partial charge < -0.3 is 9.11 Å². The van der Waals surface area contributed by atoms with Gasteiger partial charge in [0.15, 0.2) is 0 Å². The van der Waals surface area contributed by atoms with Crippen LogP contribution in [0.15, 0.2) is 94.7 Å². The first-order valence-electron chi connectivity index (χ1n) is 8.04. The molecular weight excluding hydrogens is 459 g/mol. The van der Waals surface area contributed by atoms with Crippen molar-refractivity contribution in [1.82, 2.24) is 0 Å². The first-order chi connectivity index (χ1) is 13.1. The summed E-state index contributed by atoms with van der Waals surface area (Å²) in [4.78, 5) is -0.368. The summed E-state index contributed by atoms with van der Waals surface area (Å²) in [6, 6.07) is 23.2. The summed E-state index contributed by atoms with van der Waals surface area (Å²) in [5.74, 6) is 0. The van der Waals surface area contributed by atoms with E-state index in [2.05, 4.69) is 0 Å². The Hall–Kier alpha value is -2.29. The van der Waals surface area contributed by atoms with Crippen molar-refractivity contribution in [3.05, 3.63) is 84.9 Å². The molecule has 0 aliphatic carbocycles. The minimum Gasteiger partial charge on any atom is -0.744 e. The fourth-order valence-corrected chi connectivity index (χ4v) is 3.66. The number of hydrogen-bond acceptors (Lipinski definition) is 6. The second-order valence-corrected chi connectivity index (χ2v) is 8.69. The van der Waals surface area contributed by atoms with E-state index < -0.39 is 20.2 Å². The molecule has 6 nitrogen and oxygen atoms in total. The van der Waals surface area contributed by atoms with Crippen molar-refractivity contribution in [2.45, 2.75) is 9.79 Å². The van der Waals surface area contributed by atoms with Gasteiger partial charge >= 0.3 is 16.5 Å². The molecule has 0 unspecified atom stereocenters. The molecule has 4 rings (SSSR count). The monoisotopic (exact) mass is 472 g/mol. The average molecular weight is 473 g/mol. The van der Waals surface area contributed by atoms with Crippen LogP contribution in [0.3, 0.4) is 0 Å². The van der Waals surface area contributed by atoms with E-state index in [1.54, 1.807) is 36.4 Å². The van der Waals surface area contributed by atoms with E-state index in [1.807, 2.05) is 24.3 Å². The molecule has 0 aromatic heterocycles. The standard InChI is InChI=1S/2C10H8O3S.Ni/c2*11-14(12,13)10-6-5-8-3-1-2-4-9(8)7-10;/h2*1-7H,(H,11,12,13);/q;;+2/p-2. The molecule has 4 aromatic carbocycles. The van der Waals surface area contributed by atoms with Gasteiger partial charge in [-0.25, -0.2) is 16.8 Å². The predicted octanol–water partition coefficient (Wildman–Crippen LogP) is 3.49. The third kappa shape index (κ3) is 5.85. The predicted molar refractivity (Wildman–Crippen MR) is 104 cm³/mol. The molecular formula is C20H14NiO6S2. The second kappa shape index (κ2) is 9.03. The Bertz CT molecular complexity index is 1260. The summed E-state index contributed by atoms with van der Waals surface area (Å²) in [7, 11) is -8.69. The van der Waals surface area contributed by atoms with Crippen LogP contribution in [-0.2, 0) is 36.7 Å². The van der Waals surface area contributed by atoms with E-state index in [0.717, 1.165) is 21.5 Å². The van der Waals surface area contributed by atoms with Crippen molar-refractivity contribution in [1.29, 1.82) is 0 Å². The van der Waals surface area contributed by atoms with Crippen LogP contribution in [0.1, 0.15) is 0 Å². The van der Waals surface area contributed by atoms with Gasteiger partial charge in [0.25, 0.3) is 0 Å². The first kappa shape index (κ1) is 23.0. The van der Waals surface area contributed by atoms with E-state index in [9.17, 15) is 25.9 Å². The normalized spacial score (nSPS) is 11.4. The molecule has 152 valence electrons. The Labute approximate surface area is 178 Å². The van der Waals surface area contributed by atoms with Crippen LogP contribution in [0, 0.1) is 0 Å². The van der Waals surface area contributed by atoms with Gasteiger partial charge in [-0.1, -0.05) is 60.7 Å². The summed E-state index contributed by atoms with van der Waals surface area (Å²) in [6.07, 6.45) is 0. The molecule has 0 aliphatic rings. The van der Waals surface area contributed by atoms with Gasteiger partial charge in [-0.2, -0.15) is 0 Å². The molecule has 4 aromatic rings.